The third kappa shape index (κ3) is 3.68. The van der Waals surface area contributed by atoms with Crippen molar-refractivity contribution >= 4 is 0 Å². The van der Waals surface area contributed by atoms with Crippen LogP contribution in [0.5, 0.6) is 0 Å². The van der Waals surface area contributed by atoms with E-state index in [1.807, 2.05) is 0 Å². The van der Waals surface area contributed by atoms with Gasteiger partial charge in [-0.3, -0.25) is 0 Å². The Morgan fingerprint density at radius 1 is 0.737 bits per heavy atom. The smallest absolute Gasteiger partial charge is 0.0178 e. The van der Waals surface area contributed by atoms with Crippen molar-refractivity contribution in [2.75, 3.05) is 0 Å². The predicted octanol–water partition coefficient (Wildman–Crippen LogP) is 4.03. The zero-order valence-electron chi connectivity index (χ0n) is 12.1. The Labute approximate surface area is 116 Å². The van der Waals surface area contributed by atoms with Gasteiger partial charge < -0.3 is 5.73 Å². The summed E-state index contributed by atoms with van der Waals surface area (Å²) in [6, 6.07) is 17.5. The van der Waals surface area contributed by atoms with E-state index in [0.29, 0.717) is 6.54 Å². The molecule has 0 fully saturated rings. The first-order valence-electron chi connectivity index (χ1n) is 6.86. The van der Waals surface area contributed by atoms with E-state index in [2.05, 4.69) is 69.3 Å². The number of benzene rings is 2. The maximum absolute atomic E-state index is 5.61. The largest absolute Gasteiger partial charge is 0.326 e. The van der Waals surface area contributed by atoms with Crippen molar-refractivity contribution in [2.45, 2.75) is 39.2 Å². The van der Waals surface area contributed by atoms with Crippen LogP contribution in [0, 0.1) is 0 Å². The normalized spacial score (nSPS) is 11.6. The fourth-order valence-electron chi connectivity index (χ4n) is 2.15. The second kappa shape index (κ2) is 5.58. The van der Waals surface area contributed by atoms with E-state index in [-0.39, 0.29) is 5.41 Å². The van der Waals surface area contributed by atoms with Crippen LogP contribution in [0.15, 0.2) is 48.5 Å². The van der Waals surface area contributed by atoms with Gasteiger partial charge in [0.05, 0.1) is 0 Å². The molecule has 0 spiro atoms. The predicted molar refractivity (Wildman–Crippen MR) is 82.3 cm³/mol. The van der Waals surface area contributed by atoms with Crippen molar-refractivity contribution in [3.8, 4) is 0 Å². The van der Waals surface area contributed by atoms with Crippen LogP contribution in [0.4, 0.5) is 0 Å². The first-order chi connectivity index (χ1) is 8.99. The maximum Gasteiger partial charge on any atom is 0.0178 e. The van der Waals surface area contributed by atoms with E-state index in [9.17, 15) is 0 Å². The Morgan fingerprint density at radius 3 is 1.58 bits per heavy atom. The highest BCUT2D eigenvalue weighted by Gasteiger charge is 2.12. The molecule has 0 saturated carbocycles. The lowest BCUT2D eigenvalue weighted by Crippen LogP contribution is -2.10. The van der Waals surface area contributed by atoms with Crippen molar-refractivity contribution in [1.29, 1.82) is 0 Å². The Morgan fingerprint density at radius 2 is 1.16 bits per heavy atom. The summed E-state index contributed by atoms with van der Waals surface area (Å²) in [5.41, 5.74) is 11.1. The van der Waals surface area contributed by atoms with Gasteiger partial charge in [0.25, 0.3) is 0 Å². The van der Waals surface area contributed by atoms with Crippen molar-refractivity contribution in [1.82, 2.24) is 0 Å². The van der Waals surface area contributed by atoms with Crippen LogP contribution in [-0.4, -0.2) is 0 Å². The van der Waals surface area contributed by atoms with E-state index >= 15 is 0 Å². The molecule has 1 heteroatoms. The molecule has 0 unspecified atom stereocenters. The van der Waals surface area contributed by atoms with Gasteiger partial charge in [0.15, 0.2) is 0 Å². The topological polar surface area (TPSA) is 26.0 Å². The van der Waals surface area contributed by atoms with E-state index in [4.69, 9.17) is 5.73 Å². The first kappa shape index (κ1) is 13.8. The molecule has 2 rings (SSSR count). The quantitative estimate of drug-likeness (QED) is 0.878. The Kier molecular flexibility index (Phi) is 4.06. The number of hydrogen-bond acceptors (Lipinski definition) is 1. The summed E-state index contributed by atoms with van der Waals surface area (Å²) in [5, 5.41) is 0. The molecule has 0 aliphatic carbocycles. The average Bonchev–Trinajstić information content (AvgIpc) is 2.39. The third-order valence-corrected chi connectivity index (χ3v) is 3.49. The number of hydrogen-bond donors (Lipinski definition) is 1. The van der Waals surface area contributed by atoms with Gasteiger partial charge >= 0.3 is 0 Å². The van der Waals surface area contributed by atoms with E-state index in [1.165, 1.54) is 22.3 Å². The van der Waals surface area contributed by atoms with Crippen molar-refractivity contribution in [3.05, 3.63) is 70.8 Å². The van der Waals surface area contributed by atoms with Gasteiger partial charge in [-0.2, -0.15) is 0 Å². The summed E-state index contributed by atoms with van der Waals surface area (Å²) in [6.45, 7) is 7.34. The highest BCUT2D eigenvalue weighted by atomic mass is 14.5. The van der Waals surface area contributed by atoms with E-state index < -0.39 is 0 Å². The standard InChI is InChI=1S/C18H23N/c1-18(2,3)17-10-8-15(9-11-17)12-14-4-6-16(13-19)7-5-14/h4-11H,12-13,19H2,1-3H3. The molecular weight excluding hydrogens is 230 g/mol. The first-order valence-corrected chi connectivity index (χ1v) is 6.86. The fraction of sp³-hybridized carbons (Fsp3) is 0.333. The van der Waals surface area contributed by atoms with Gasteiger partial charge in [0.2, 0.25) is 0 Å². The molecule has 0 saturated heterocycles. The van der Waals surface area contributed by atoms with Crippen molar-refractivity contribution in [3.63, 3.8) is 0 Å². The molecule has 2 aromatic rings. The molecule has 100 valence electrons. The van der Waals surface area contributed by atoms with Crippen LogP contribution in [0.1, 0.15) is 43.0 Å². The minimum Gasteiger partial charge on any atom is -0.326 e. The molecule has 1 nitrogen and oxygen atoms in total. The molecule has 0 heterocycles. The molecule has 0 amide bonds. The van der Waals surface area contributed by atoms with Gasteiger partial charge in [0.1, 0.15) is 0 Å². The van der Waals surface area contributed by atoms with Crippen LogP contribution < -0.4 is 5.73 Å². The van der Waals surface area contributed by atoms with E-state index in [1.54, 1.807) is 0 Å². The molecule has 0 bridgehead atoms. The molecule has 0 aromatic heterocycles. The zero-order valence-corrected chi connectivity index (χ0v) is 12.1. The molecule has 0 aliphatic rings. The Balaban J connectivity index is 2.10. The number of nitrogens with two attached hydrogens (primary N) is 1. The maximum atomic E-state index is 5.61. The summed E-state index contributed by atoms with van der Waals surface area (Å²) < 4.78 is 0. The summed E-state index contributed by atoms with van der Waals surface area (Å²) in [6.07, 6.45) is 0.981. The van der Waals surface area contributed by atoms with Crippen molar-refractivity contribution < 1.29 is 0 Å². The van der Waals surface area contributed by atoms with Gasteiger partial charge in [-0.15, -0.1) is 0 Å². The van der Waals surface area contributed by atoms with Gasteiger partial charge in [-0.25, -0.2) is 0 Å². The average molecular weight is 253 g/mol. The van der Waals surface area contributed by atoms with E-state index in [0.717, 1.165) is 6.42 Å². The van der Waals surface area contributed by atoms with Crippen LogP contribution in [0.2, 0.25) is 0 Å². The zero-order chi connectivity index (χ0) is 13.9. The fourth-order valence-corrected chi connectivity index (χ4v) is 2.15. The van der Waals surface area contributed by atoms with Crippen LogP contribution in [0.3, 0.4) is 0 Å². The minimum atomic E-state index is 0.224. The van der Waals surface area contributed by atoms with Crippen molar-refractivity contribution in [2.24, 2.45) is 5.73 Å². The summed E-state index contributed by atoms with van der Waals surface area (Å²) in [7, 11) is 0. The van der Waals surface area contributed by atoms with Gasteiger partial charge in [-0.05, 0) is 34.1 Å². The molecule has 0 aliphatic heterocycles. The molecular formula is C18H23N. The summed E-state index contributed by atoms with van der Waals surface area (Å²) in [4.78, 5) is 0. The van der Waals surface area contributed by atoms with Crippen LogP contribution in [0.25, 0.3) is 0 Å². The van der Waals surface area contributed by atoms with Crippen LogP contribution >= 0.6 is 0 Å². The molecule has 0 atom stereocenters. The van der Waals surface area contributed by atoms with Crippen LogP contribution in [-0.2, 0) is 18.4 Å². The highest BCUT2D eigenvalue weighted by molar-refractivity contribution is 5.32. The lowest BCUT2D eigenvalue weighted by atomic mass is 9.86. The summed E-state index contributed by atoms with van der Waals surface area (Å²) >= 11 is 0. The molecule has 2 aromatic carbocycles. The Bertz CT molecular complexity index is 515. The second-order valence-corrected chi connectivity index (χ2v) is 6.14. The SMILES string of the molecule is CC(C)(C)c1ccc(Cc2ccc(CN)cc2)cc1. The second-order valence-electron chi connectivity index (χ2n) is 6.14. The van der Waals surface area contributed by atoms with Gasteiger partial charge in [0, 0.05) is 6.54 Å². The van der Waals surface area contributed by atoms with Gasteiger partial charge in [-0.1, -0.05) is 69.3 Å². The Hall–Kier alpha value is -1.60. The lowest BCUT2D eigenvalue weighted by Gasteiger charge is -2.19. The number of rotatable bonds is 3. The monoisotopic (exact) mass is 253 g/mol. The minimum absolute atomic E-state index is 0.224. The molecule has 2 N–H and O–H groups in total. The molecule has 19 heavy (non-hydrogen) atoms. The molecule has 0 radical (unpaired) electrons. The lowest BCUT2D eigenvalue weighted by molar-refractivity contribution is 0.590. The third-order valence-electron chi connectivity index (χ3n) is 3.49. The highest BCUT2D eigenvalue weighted by Crippen LogP contribution is 2.22. The summed E-state index contributed by atoms with van der Waals surface area (Å²) in [5.74, 6) is 0.